The molecule has 1 rings (SSSR count). The second kappa shape index (κ2) is 5.54. The molecule has 0 fully saturated rings. The van der Waals surface area contributed by atoms with Crippen LogP contribution in [-0.4, -0.2) is 25.3 Å². The van der Waals surface area contributed by atoms with Crippen molar-refractivity contribution in [2.75, 3.05) is 0 Å². The van der Waals surface area contributed by atoms with E-state index in [0.29, 0.717) is 5.56 Å². The SMILES string of the molecule is O=[N+]([O-])C(Br)(CC(=NO)c1ccccc1)[N+](=O)[O-]. The van der Waals surface area contributed by atoms with Gasteiger partial charge in [-0.25, -0.2) is 0 Å². The number of nitro groups is 2. The monoisotopic (exact) mass is 317 g/mol. The van der Waals surface area contributed by atoms with Crippen molar-refractivity contribution in [3.8, 4) is 0 Å². The summed E-state index contributed by atoms with van der Waals surface area (Å²) in [5, 5.41) is 33.2. The van der Waals surface area contributed by atoms with E-state index in [0.717, 1.165) is 0 Å². The van der Waals surface area contributed by atoms with Crippen LogP contribution in [0.3, 0.4) is 0 Å². The van der Waals surface area contributed by atoms with Gasteiger partial charge in [0.25, 0.3) is 0 Å². The smallest absolute Gasteiger partial charge is 0.411 e. The highest BCUT2D eigenvalue weighted by Crippen LogP contribution is 2.26. The molecule has 0 aliphatic carbocycles. The summed E-state index contributed by atoms with van der Waals surface area (Å²) >= 11 is 2.46. The average Bonchev–Trinajstić information content (AvgIpc) is 2.36. The number of hydrogen-bond donors (Lipinski definition) is 1. The van der Waals surface area contributed by atoms with Gasteiger partial charge in [-0.15, -0.1) is 0 Å². The van der Waals surface area contributed by atoms with Crippen LogP contribution in [0.15, 0.2) is 35.5 Å². The molecule has 96 valence electrons. The number of benzene rings is 1. The second-order valence-corrected chi connectivity index (χ2v) is 4.59. The van der Waals surface area contributed by atoms with Crippen molar-refractivity contribution < 1.29 is 15.1 Å². The molecule has 0 aromatic heterocycles. The van der Waals surface area contributed by atoms with E-state index >= 15 is 0 Å². The highest BCUT2D eigenvalue weighted by molar-refractivity contribution is 9.09. The lowest BCUT2D eigenvalue weighted by atomic mass is 10.1. The number of oxime groups is 1. The van der Waals surface area contributed by atoms with Crippen molar-refractivity contribution in [1.82, 2.24) is 0 Å². The van der Waals surface area contributed by atoms with Gasteiger partial charge in [-0.3, -0.25) is 20.2 Å². The Morgan fingerprint density at radius 1 is 1.28 bits per heavy atom. The first-order valence-corrected chi connectivity index (χ1v) is 5.45. The highest BCUT2D eigenvalue weighted by Gasteiger charge is 2.54. The normalized spacial score (nSPS) is 12.2. The van der Waals surface area contributed by atoms with Crippen LogP contribution < -0.4 is 0 Å². The summed E-state index contributed by atoms with van der Waals surface area (Å²) in [5.74, 6) is 0. The van der Waals surface area contributed by atoms with E-state index in [1.54, 1.807) is 18.2 Å². The zero-order chi connectivity index (χ0) is 13.8. The summed E-state index contributed by atoms with van der Waals surface area (Å²) in [6, 6.07) is 8.00. The molecule has 0 atom stereocenters. The largest absolute Gasteiger partial charge is 0.516 e. The zero-order valence-electron chi connectivity index (χ0n) is 8.89. The van der Waals surface area contributed by atoms with Crippen LogP contribution in [0.25, 0.3) is 0 Å². The Balaban J connectivity index is 3.08. The van der Waals surface area contributed by atoms with Crippen LogP contribution >= 0.6 is 15.9 Å². The summed E-state index contributed by atoms with van der Waals surface area (Å²) in [4.78, 5) is 19.3. The molecule has 9 heteroatoms. The number of nitrogens with zero attached hydrogens (tertiary/aromatic N) is 3. The van der Waals surface area contributed by atoms with Crippen molar-refractivity contribution in [2.45, 2.75) is 11.0 Å². The van der Waals surface area contributed by atoms with E-state index in [4.69, 9.17) is 5.21 Å². The fourth-order valence-electron chi connectivity index (χ4n) is 1.23. The molecule has 0 unspecified atom stereocenters. The Hall–Kier alpha value is -2.03. The van der Waals surface area contributed by atoms with E-state index in [-0.39, 0.29) is 5.71 Å². The topological polar surface area (TPSA) is 119 Å². The van der Waals surface area contributed by atoms with Crippen molar-refractivity contribution in [2.24, 2.45) is 5.16 Å². The van der Waals surface area contributed by atoms with Gasteiger partial charge in [0.2, 0.25) is 0 Å². The first kappa shape index (κ1) is 14.0. The van der Waals surface area contributed by atoms with Crippen molar-refractivity contribution in [1.29, 1.82) is 0 Å². The predicted molar refractivity (Wildman–Crippen MR) is 65.0 cm³/mol. The lowest BCUT2D eigenvalue weighted by Crippen LogP contribution is -2.42. The van der Waals surface area contributed by atoms with E-state index in [1.807, 2.05) is 0 Å². The second-order valence-electron chi connectivity index (χ2n) is 3.32. The molecule has 1 N–H and O–H groups in total. The number of hydrogen-bond acceptors (Lipinski definition) is 6. The Morgan fingerprint density at radius 3 is 2.17 bits per heavy atom. The minimum absolute atomic E-state index is 0.152. The van der Waals surface area contributed by atoms with Crippen LogP contribution in [0.1, 0.15) is 12.0 Å². The lowest BCUT2D eigenvalue weighted by molar-refractivity contribution is -0.756. The summed E-state index contributed by atoms with van der Waals surface area (Å²) in [6.07, 6.45) is -0.687. The lowest BCUT2D eigenvalue weighted by Gasteiger charge is -2.11. The number of halogens is 1. The summed E-state index contributed by atoms with van der Waals surface area (Å²) in [6.45, 7) is 0. The Labute approximate surface area is 109 Å². The molecular formula is C9H8BrN3O5. The van der Waals surface area contributed by atoms with E-state index in [1.165, 1.54) is 12.1 Å². The maximum Gasteiger partial charge on any atom is 0.516 e. The first-order valence-electron chi connectivity index (χ1n) is 4.66. The Morgan fingerprint density at radius 2 is 1.78 bits per heavy atom. The van der Waals surface area contributed by atoms with E-state index in [9.17, 15) is 20.2 Å². The molecular weight excluding hydrogens is 310 g/mol. The summed E-state index contributed by atoms with van der Waals surface area (Å²) < 4.78 is -2.61. The van der Waals surface area contributed by atoms with Gasteiger partial charge in [0, 0.05) is 0 Å². The van der Waals surface area contributed by atoms with Gasteiger partial charge in [0.05, 0.1) is 15.9 Å². The fraction of sp³-hybridized carbons (Fsp3) is 0.222. The first-order chi connectivity index (χ1) is 8.41. The van der Waals surface area contributed by atoms with E-state index < -0.39 is 20.8 Å². The highest BCUT2D eigenvalue weighted by atomic mass is 79.9. The third-order valence-corrected chi connectivity index (χ3v) is 3.04. The van der Waals surface area contributed by atoms with Crippen LogP contribution in [-0.2, 0) is 0 Å². The quantitative estimate of drug-likeness (QED) is 0.169. The van der Waals surface area contributed by atoms with Gasteiger partial charge >= 0.3 is 4.57 Å². The summed E-state index contributed by atoms with van der Waals surface area (Å²) in [5.41, 5.74) is 0.216. The standard InChI is InChI=1S/C9H8BrN3O5/c10-9(12(15)16,13(17)18)6-8(11-14)7-4-2-1-3-5-7/h1-5,14H,6H2. The maximum atomic E-state index is 10.7. The number of rotatable bonds is 5. The van der Waals surface area contributed by atoms with Crippen molar-refractivity contribution in [3.05, 3.63) is 56.1 Å². The van der Waals surface area contributed by atoms with Gasteiger partial charge in [0.15, 0.2) is 0 Å². The predicted octanol–water partition coefficient (Wildman–Crippen LogP) is 1.86. The van der Waals surface area contributed by atoms with Crippen LogP contribution in [0.2, 0.25) is 0 Å². The van der Waals surface area contributed by atoms with Crippen molar-refractivity contribution >= 4 is 21.6 Å². The molecule has 18 heavy (non-hydrogen) atoms. The minimum Gasteiger partial charge on any atom is -0.411 e. The molecule has 1 aromatic rings. The fourth-order valence-corrected chi connectivity index (χ4v) is 1.50. The molecule has 0 saturated carbocycles. The molecule has 0 saturated heterocycles. The van der Waals surface area contributed by atoms with E-state index in [2.05, 4.69) is 21.1 Å². The third kappa shape index (κ3) is 2.80. The van der Waals surface area contributed by atoms with Crippen LogP contribution in [0, 0.1) is 20.2 Å². The summed E-state index contributed by atoms with van der Waals surface area (Å²) in [7, 11) is 0. The Kier molecular flexibility index (Phi) is 4.32. The molecule has 0 radical (unpaired) electrons. The molecule has 1 aromatic carbocycles. The molecule has 0 spiro atoms. The maximum absolute atomic E-state index is 10.7. The average molecular weight is 318 g/mol. The van der Waals surface area contributed by atoms with Gasteiger partial charge < -0.3 is 5.21 Å². The van der Waals surface area contributed by atoms with Gasteiger partial charge in [-0.1, -0.05) is 35.5 Å². The van der Waals surface area contributed by atoms with Crippen LogP contribution in [0.5, 0.6) is 0 Å². The Bertz CT molecular complexity index is 476. The van der Waals surface area contributed by atoms with Crippen molar-refractivity contribution in [3.63, 3.8) is 0 Å². The molecule has 0 heterocycles. The van der Waals surface area contributed by atoms with Gasteiger partial charge in [-0.2, -0.15) is 0 Å². The minimum atomic E-state index is -2.61. The third-order valence-electron chi connectivity index (χ3n) is 2.18. The van der Waals surface area contributed by atoms with Gasteiger partial charge in [0.1, 0.15) is 22.0 Å². The molecule has 0 aliphatic rings. The molecule has 0 aliphatic heterocycles. The van der Waals surface area contributed by atoms with Gasteiger partial charge in [-0.05, 0) is 5.56 Å². The van der Waals surface area contributed by atoms with Crippen LogP contribution in [0.4, 0.5) is 0 Å². The molecule has 0 amide bonds. The molecule has 8 nitrogen and oxygen atoms in total. The molecule has 0 bridgehead atoms. The zero-order valence-corrected chi connectivity index (χ0v) is 10.5. The number of alkyl halides is 1.